The molecule has 0 heterocycles. The van der Waals surface area contributed by atoms with E-state index in [0.717, 1.165) is 0 Å². The highest BCUT2D eigenvalue weighted by Gasteiger charge is 2.33. The fourth-order valence-electron chi connectivity index (χ4n) is 2.19. The summed E-state index contributed by atoms with van der Waals surface area (Å²) in [6, 6.07) is 0. The molecule has 5 nitrogen and oxygen atoms in total. The summed E-state index contributed by atoms with van der Waals surface area (Å²) in [6.45, 7) is 0. The Balaban J connectivity index is 2.35. The SMILES string of the molecule is O=C(O)CC[C@H]1CC[C@H](CCC(=O)O)C1=O. The molecule has 2 atom stereocenters. The van der Waals surface area contributed by atoms with Gasteiger partial charge in [-0.1, -0.05) is 0 Å². The van der Waals surface area contributed by atoms with Crippen molar-refractivity contribution >= 4 is 17.7 Å². The van der Waals surface area contributed by atoms with Crippen LogP contribution >= 0.6 is 0 Å². The summed E-state index contributed by atoms with van der Waals surface area (Å²) in [5, 5.41) is 17.0. The van der Waals surface area contributed by atoms with Gasteiger partial charge in [0.1, 0.15) is 5.78 Å². The fourth-order valence-corrected chi connectivity index (χ4v) is 2.19. The normalized spacial score (nSPS) is 24.6. The first kappa shape index (κ1) is 12.7. The second kappa shape index (κ2) is 5.63. The number of hydrogen-bond donors (Lipinski definition) is 2. The Hall–Kier alpha value is -1.39. The average Bonchev–Trinajstić information content (AvgIpc) is 2.53. The second-order valence-electron chi connectivity index (χ2n) is 4.24. The molecule has 1 rings (SSSR count). The molecule has 0 spiro atoms. The van der Waals surface area contributed by atoms with Crippen LogP contribution in [0.4, 0.5) is 0 Å². The summed E-state index contributed by atoms with van der Waals surface area (Å²) < 4.78 is 0. The van der Waals surface area contributed by atoms with Crippen molar-refractivity contribution < 1.29 is 24.6 Å². The van der Waals surface area contributed by atoms with Crippen LogP contribution in [0.1, 0.15) is 38.5 Å². The Morgan fingerprint density at radius 3 is 1.69 bits per heavy atom. The van der Waals surface area contributed by atoms with Crippen LogP contribution in [-0.4, -0.2) is 27.9 Å². The smallest absolute Gasteiger partial charge is 0.303 e. The van der Waals surface area contributed by atoms with Gasteiger partial charge in [-0.15, -0.1) is 0 Å². The van der Waals surface area contributed by atoms with E-state index in [1.807, 2.05) is 0 Å². The maximum Gasteiger partial charge on any atom is 0.303 e. The highest BCUT2D eigenvalue weighted by molar-refractivity contribution is 5.86. The highest BCUT2D eigenvalue weighted by atomic mass is 16.4. The molecule has 16 heavy (non-hydrogen) atoms. The van der Waals surface area contributed by atoms with Gasteiger partial charge in [-0.3, -0.25) is 14.4 Å². The predicted octanol–water partition coefficient (Wildman–Crippen LogP) is 1.31. The zero-order valence-corrected chi connectivity index (χ0v) is 9.02. The molecule has 0 aromatic carbocycles. The third kappa shape index (κ3) is 3.64. The van der Waals surface area contributed by atoms with Gasteiger partial charge in [-0.05, 0) is 25.7 Å². The van der Waals surface area contributed by atoms with Crippen molar-refractivity contribution in [3.8, 4) is 0 Å². The van der Waals surface area contributed by atoms with Crippen LogP contribution in [0.3, 0.4) is 0 Å². The van der Waals surface area contributed by atoms with Crippen molar-refractivity contribution in [2.75, 3.05) is 0 Å². The summed E-state index contributed by atoms with van der Waals surface area (Å²) in [4.78, 5) is 32.5. The van der Waals surface area contributed by atoms with Crippen molar-refractivity contribution in [1.29, 1.82) is 0 Å². The molecule has 0 unspecified atom stereocenters. The van der Waals surface area contributed by atoms with Crippen LogP contribution in [0, 0.1) is 11.8 Å². The lowest BCUT2D eigenvalue weighted by atomic mass is 9.95. The monoisotopic (exact) mass is 228 g/mol. The van der Waals surface area contributed by atoms with Crippen LogP contribution in [0.2, 0.25) is 0 Å². The minimum absolute atomic E-state index is 0.0159. The molecule has 0 bridgehead atoms. The van der Waals surface area contributed by atoms with E-state index in [2.05, 4.69) is 0 Å². The van der Waals surface area contributed by atoms with Gasteiger partial charge in [-0.2, -0.15) is 0 Å². The molecule has 1 aliphatic carbocycles. The summed E-state index contributed by atoms with van der Waals surface area (Å²) in [5.74, 6) is -2.06. The standard InChI is InChI=1S/C11H16O5/c12-9(13)5-3-7-1-2-8(11(7)16)4-6-10(14)15/h7-8H,1-6H2,(H,12,13)(H,14,15)/t7-,8-/m1/s1. The van der Waals surface area contributed by atoms with Crippen LogP contribution < -0.4 is 0 Å². The van der Waals surface area contributed by atoms with E-state index in [-0.39, 0.29) is 30.5 Å². The molecule has 0 aliphatic heterocycles. The molecule has 90 valence electrons. The van der Waals surface area contributed by atoms with E-state index >= 15 is 0 Å². The molecule has 5 heteroatoms. The number of carbonyl (C=O) groups excluding carboxylic acids is 1. The molecule has 2 N–H and O–H groups in total. The topological polar surface area (TPSA) is 91.7 Å². The van der Waals surface area contributed by atoms with E-state index in [9.17, 15) is 14.4 Å². The van der Waals surface area contributed by atoms with Gasteiger partial charge >= 0.3 is 11.9 Å². The Bertz CT molecular complexity index is 269. The largest absolute Gasteiger partial charge is 0.481 e. The molecular weight excluding hydrogens is 212 g/mol. The molecule has 1 fully saturated rings. The first-order valence-electron chi connectivity index (χ1n) is 5.48. The number of ketones is 1. The van der Waals surface area contributed by atoms with E-state index in [1.54, 1.807) is 0 Å². The van der Waals surface area contributed by atoms with Gasteiger partial charge in [0, 0.05) is 24.7 Å². The first-order chi connectivity index (χ1) is 7.50. The highest BCUT2D eigenvalue weighted by Crippen LogP contribution is 2.33. The van der Waals surface area contributed by atoms with Crippen LogP contribution in [0.5, 0.6) is 0 Å². The third-order valence-electron chi connectivity index (χ3n) is 3.08. The van der Waals surface area contributed by atoms with Crippen LogP contribution in [-0.2, 0) is 14.4 Å². The van der Waals surface area contributed by atoms with Crippen molar-refractivity contribution in [3.63, 3.8) is 0 Å². The molecule has 1 aliphatic rings. The maximum absolute atomic E-state index is 11.7. The Morgan fingerprint density at radius 2 is 1.38 bits per heavy atom. The van der Waals surface area contributed by atoms with E-state index in [0.29, 0.717) is 25.7 Å². The predicted molar refractivity (Wildman–Crippen MR) is 55.0 cm³/mol. The molecular formula is C11H16O5. The number of carboxylic acids is 2. The van der Waals surface area contributed by atoms with E-state index in [4.69, 9.17) is 10.2 Å². The number of aliphatic carboxylic acids is 2. The number of Topliss-reactive ketones (excluding diaryl/α,β-unsaturated/α-hetero) is 1. The Labute approximate surface area is 93.5 Å². The number of hydrogen-bond acceptors (Lipinski definition) is 3. The van der Waals surface area contributed by atoms with Gasteiger partial charge in [-0.25, -0.2) is 0 Å². The lowest BCUT2D eigenvalue weighted by Crippen LogP contribution is -2.16. The van der Waals surface area contributed by atoms with Gasteiger partial charge in [0.2, 0.25) is 0 Å². The number of carbonyl (C=O) groups is 3. The minimum atomic E-state index is -0.887. The first-order valence-corrected chi connectivity index (χ1v) is 5.48. The van der Waals surface area contributed by atoms with Crippen LogP contribution in [0.25, 0.3) is 0 Å². The van der Waals surface area contributed by atoms with E-state index in [1.165, 1.54) is 0 Å². The van der Waals surface area contributed by atoms with Crippen LogP contribution in [0.15, 0.2) is 0 Å². The summed E-state index contributed by atoms with van der Waals surface area (Å²) in [6.07, 6.45) is 2.21. The minimum Gasteiger partial charge on any atom is -0.481 e. The maximum atomic E-state index is 11.7. The van der Waals surface area contributed by atoms with Gasteiger partial charge in [0.05, 0.1) is 0 Å². The van der Waals surface area contributed by atoms with Crippen molar-refractivity contribution in [2.24, 2.45) is 11.8 Å². The summed E-state index contributed by atoms with van der Waals surface area (Å²) in [7, 11) is 0. The fraction of sp³-hybridized carbons (Fsp3) is 0.727. The molecule has 0 aromatic rings. The van der Waals surface area contributed by atoms with Gasteiger partial charge < -0.3 is 10.2 Å². The molecule has 0 radical (unpaired) electrons. The molecule has 0 amide bonds. The lowest BCUT2D eigenvalue weighted by Gasteiger charge is -2.08. The Kier molecular flexibility index (Phi) is 4.46. The summed E-state index contributed by atoms with van der Waals surface area (Å²) in [5.41, 5.74) is 0. The number of carboxylic acid groups (broad SMARTS) is 2. The molecule has 1 saturated carbocycles. The summed E-state index contributed by atoms with van der Waals surface area (Å²) >= 11 is 0. The van der Waals surface area contributed by atoms with Crippen molar-refractivity contribution in [3.05, 3.63) is 0 Å². The van der Waals surface area contributed by atoms with Crippen molar-refractivity contribution in [1.82, 2.24) is 0 Å². The van der Waals surface area contributed by atoms with E-state index < -0.39 is 11.9 Å². The number of rotatable bonds is 6. The van der Waals surface area contributed by atoms with Crippen molar-refractivity contribution in [2.45, 2.75) is 38.5 Å². The second-order valence-corrected chi connectivity index (χ2v) is 4.24. The van der Waals surface area contributed by atoms with Gasteiger partial charge in [0.25, 0.3) is 0 Å². The lowest BCUT2D eigenvalue weighted by molar-refractivity contribution is -0.138. The molecule has 0 aromatic heterocycles. The Morgan fingerprint density at radius 1 is 1.00 bits per heavy atom. The quantitative estimate of drug-likeness (QED) is 0.715. The molecule has 0 saturated heterocycles. The average molecular weight is 228 g/mol. The third-order valence-corrected chi connectivity index (χ3v) is 3.08. The van der Waals surface area contributed by atoms with Gasteiger partial charge in [0.15, 0.2) is 0 Å². The zero-order chi connectivity index (χ0) is 12.1. The zero-order valence-electron chi connectivity index (χ0n) is 9.02.